The second kappa shape index (κ2) is 6.70. The van der Waals surface area contributed by atoms with E-state index >= 15 is 0 Å². The summed E-state index contributed by atoms with van der Waals surface area (Å²) in [4.78, 5) is 9.42. The number of halogens is 3. The quantitative estimate of drug-likeness (QED) is 0.867. The standard InChI is InChI=1S/C12H19F3N4/c1-4-19(9(2)3)8-7-17-11-16-6-5-10(18-11)12(13,14)15/h5-6,9H,4,7-8H2,1-3H3,(H,16,17,18). The molecule has 0 saturated carbocycles. The van der Waals surface area contributed by atoms with Crippen molar-refractivity contribution in [3.05, 3.63) is 18.0 Å². The third-order valence-corrected chi connectivity index (χ3v) is 2.76. The molecule has 0 fully saturated rings. The number of alkyl halides is 3. The van der Waals surface area contributed by atoms with Crippen molar-refractivity contribution in [1.29, 1.82) is 0 Å². The summed E-state index contributed by atoms with van der Waals surface area (Å²) in [5.74, 6) is 0.00892. The van der Waals surface area contributed by atoms with Crippen molar-refractivity contribution in [3.63, 3.8) is 0 Å². The molecule has 0 aliphatic heterocycles. The van der Waals surface area contributed by atoms with Crippen molar-refractivity contribution in [2.75, 3.05) is 25.0 Å². The molecule has 0 unspecified atom stereocenters. The van der Waals surface area contributed by atoms with Gasteiger partial charge in [0.05, 0.1) is 0 Å². The highest BCUT2D eigenvalue weighted by molar-refractivity contribution is 5.25. The first-order chi connectivity index (χ1) is 8.84. The molecule has 0 spiro atoms. The van der Waals surface area contributed by atoms with Crippen LogP contribution in [-0.4, -0.2) is 40.5 Å². The lowest BCUT2D eigenvalue weighted by Crippen LogP contribution is -2.34. The van der Waals surface area contributed by atoms with Crippen LogP contribution in [0.3, 0.4) is 0 Å². The van der Waals surface area contributed by atoms with Crippen LogP contribution in [0.4, 0.5) is 19.1 Å². The largest absolute Gasteiger partial charge is 0.433 e. The minimum Gasteiger partial charge on any atom is -0.353 e. The predicted octanol–water partition coefficient (Wildman–Crippen LogP) is 2.64. The minimum atomic E-state index is -4.44. The third kappa shape index (κ3) is 5.02. The van der Waals surface area contributed by atoms with E-state index in [1.54, 1.807) is 0 Å². The van der Waals surface area contributed by atoms with E-state index in [2.05, 4.69) is 34.0 Å². The molecular weight excluding hydrogens is 257 g/mol. The second-order valence-electron chi connectivity index (χ2n) is 4.41. The van der Waals surface area contributed by atoms with Gasteiger partial charge in [-0.15, -0.1) is 0 Å². The molecule has 0 atom stereocenters. The molecule has 19 heavy (non-hydrogen) atoms. The number of hydrogen-bond acceptors (Lipinski definition) is 4. The van der Waals surface area contributed by atoms with Gasteiger partial charge in [0.1, 0.15) is 5.69 Å². The van der Waals surface area contributed by atoms with Gasteiger partial charge < -0.3 is 5.32 Å². The molecule has 1 aromatic rings. The van der Waals surface area contributed by atoms with Crippen molar-refractivity contribution in [2.45, 2.75) is 33.0 Å². The van der Waals surface area contributed by atoms with E-state index in [4.69, 9.17) is 0 Å². The van der Waals surface area contributed by atoms with Gasteiger partial charge in [-0.2, -0.15) is 13.2 Å². The van der Waals surface area contributed by atoms with E-state index in [0.717, 1.165) is 25.4 Å². The molecule has 7 heteroatoms. The first kappa shape index (κ1) is 15.7. The highest BCUT2D eigenvalue weighted by atomic mass is 19.4. The molecule has 1 heterocycles. The van der Waals surface area contributed by atoms with Crippen molar-refractivity contribution in [1.82, 2.24) is 14.9 Å². The number of rotatable bonds is 6. The molecule has 1 N–H and O–H groups in total. The predicted molar refractivity (Wildman–Crippen MR) is 67.9 cm³/mol. The zero-order valence-corrected chi connectivity index (χ0v) is 11.3. The normalized spacial score (nSPS) is 12.2. The fourth-order valence-electron chi connectivity index (χ4n) is 1.69. The maximum absolute atomic E-state index is 12.5. The fraction of sp³-hybridized carbons (Fsp3) is 0.667. The Balaban J connectivity index is 2.54. The van der Waals surface area contributed by atoms with Crippen LogP contribution in [0.2, 0.25) is 0 Å². The summed E-state index contributed by atoms with van der Waals surface area (Å²) in [5, 5.41) is 2.81. The van der Waals surface area contributed by atoms with Crippen LogP contribution in [0.25, 0.3) is 0 Å². The van der Waals surface area contributed by atoms with Crippen LogP contribution in [-0.2, 0) is 6.18 Å². The number of aromatic nitrogens is 2. The molecule has 0 bridgehead atoms. The SMILES string of the molecule is CCN(CCNc1nccc(C(F)(F)F)n1)C(C)C. The molecule has 0 aliphatic rings. The van der Waals surface area contributed by atoms with Gasteiger partial charge in [-0.05, 0) is 26.5 Å². The van der Waals surface area contributed by atoms with E-state index in [0.29, 0.717) is 12.6 Å². The van der Waals surface area contributed by atoms with E-state index < -0.39 is 11.9 Å². The number of likely N-dealkylation sites (N-methyl/N-ethyl adjacent to an activating group) is 1. The smallest absolute Gasteiger partial charge is 0.353 e. The first-order valence-electron chi connectivity index (χ1n) is 6.22. The van der Waals surface area contributed by atoms with E-state index in [-0.39, 0.29) is 5.95 Å². The second-order valence-corrected chi connectivity index (χ2v) is 4.41. The fourth-order valence-corrected chi connectivity index (χ4v) is 1.69. The topological polar surface area (TPSA) is 41.0 Å². The molecule has 1 aromatic heterocycles. The van der Waals surface area contributed by atoms with Crippen LogP contribution >= 0.6 is 0 Å². The summed E-state index contributed by atoms with van der Waals surface area (Å²) in [6, 6.07) is 1.26. The molecule has 108 valence electrons. The molecule has 0 aromatic carbocycles. The molecule has 0 radical (unpaired) electrons. The Hall–Kier alpha value is -1.37. The zero-order valence-electron chi connectivity index (χ0n) is 11.3. The first-order valence-corrected chi connectivity index (χ1v) is 6.22. The molecule has 0 saturated heterocycles. The van der Waals surface area contributed by atoms with E-state index in [1.807, 2.05) is 6.92 Å². The summed E-state index contributed by atoms with van der Waals surface area (Å²) in [6.07, 6.45) is -3.33. The average Bonchev–Trinajstić information content (AvgIpc) is 2.33. The maximum atomic E-state index is 12.5. The highest BCUT2D eigenvalue weighted by Gasteiger charge is 2.32. The summed E-state index contributed by atoms with van der Waals surface area (Å²) < 4.78 is 37.4. The lowest BCUT2D eigenvalue weighted by molar-refractivity contribution is -0.141. The monoisotopic (exact) mass is 276 g/mol. The van der Waals surface area contributed by atoms with Crippen LogP contribution < -0.4 is 5.32 Å². The Bertz CT molecular complexity index is 393. The van der Waals surface area contributed by atoms with E-state index in [1.165, 1.54) is 0 Å². The van der Waals surface area contributed by atoms with Crippen LogP contribution in [0.1, 0.15) is 26.5 Å². The van der Waals surface area contributed by atoms with Gasteiger partial charge >= 0.3 is 6.18 Å². The Morgan fingerprint density at radius 2 is 2.05 bits per heavy atom. The van der Waals surface area contributed by atoms with Crippen LogP contribution in [0, 0.1) is 0 Å². The summed E-state index contributed by atoms with van der Waals surface area (Å²) in [5.41, 5.74) is -0.929. The lowest BCUT2D eigenvalue weighted by Gasteiger charge is -2.24. The highest BCUT2D eigenvalue weighted by Crippen LogP contribution is 2.27. The molecule has 1 rings (SSSR count). The number of nitrogens with zero attached hydrogens (tertiary/aromatic N) is 3. The summed E-state index contributed by atoms with van der Waals surface area (Å²) in [6.45, 7) is 8.32. The van der Waals surface area contributed by atoms with Crippen molar-refractivity contribution < 1.29 is 13.2 Å². The molecular formula is C12H19F3N4. The minimum absolute atomic E-state index is 0.00892. The van der Waals surface area contributed by atoms with Crippen LogP contribution in [0.5, 0.6) is 0 Å². The van der Waals surface area contributed by atoms with Gasteiger partial charge in [-0.25, -0.2) is 9.97 Å². The lowest BCUT2D eigenvalue weighted by atomic mass is 10.3. The summed E-state index contributed by atoms with van der Waals surface area (Å²) in [7, 11) is 0. The van der Waals surface area contributed by atoms with Gasteiger partial charge in [0.15, 0.2) is 0 Å². The number of hydrogen-bond donors (Lipinski definition) is 1. The maximum Gasteiger partial charge on any atom is 0.433 e. The average molecular weight is 276 g/mol. The van der Waals surface area contributed by atoms with Gasteiger partial charge in [-0.3, -0.25) is 4.90 Å². The van der Waals surface area contributed by atoms with Gasteiger partial charge in [0.25, 0.3) is 0 Å². The Morgan fingerprint density at radius 3 is 2.58 bits per heavy atom. The van der Waals surface area contributed by atoms with Crippen LogP contribution in [0.15, 0.2) is 12.3 Å². The Morgan fingerprint density at radius 1 is 1.37 bits per heavy atom. The number of anilines is 1. The van der Waals surface area contributed by atoms with Crippen molar-refractivity contribution in [2.24, 2.45) is 0 Å². The zero-order chi connectivity index (χ0) is 14.5. The Kier molecular flexibility index (Phi) is 5.53. The summed E-state index contributed by atoms with van der Waals surface area (Å²) >= 11 is 0. The van der Waals surface area contributed by atoms with Crippen molar-refractivity contribution in [3.8, 4) is 0 Å². The number of nitrogens with one attached hydrogen (secondary N) is 1. The van der Waals surface area contributed by atoms with E-state index in [9.17, 15) is 13.2 Å². The molecule has 4 nitrogen and oxygen atoms in total. The van der Waals surface area contributed by atoms with Gasteiger partial charge in [0, 0.05) is 25.3 Å². The van der Waals surface area contributed by atoms with Crippen molar-refractivity contribution >= 4 is 5.95 Å². The van der Waals surface area contributed by atoms with Gasteiger partial charge in [0.2, 0.25) is 5.95 Å². The third-order valence-electron chi connectivity index (χ3n) is 2.76. The van der Waals surface area contributed by atoms with Gasteiger partial charge in [-0.1, -0.05) is 6.92 Å². The Labute approximate surface area is 111 Å². The molecule has 0 amide bonds. The molecule has 0 aliphatic carbocycles.